The van der Waals surface area contributed by atoms with E-state index in [2.05, 4.69) is 16.0 Å². The van der Waals surface area contributed by atoms with E-state index in [1.54, 1.807) is 0 Å². The number of carbonyl (C=O) groups excluding carboxylic acids is 4. The second kappa shape index (κ2) is 19.0. The van der Waals surface area contributed by atoms with Gasteiger partial charge in [-0.15, -0.1) is 0 Å². The van der Waals surface area contributed by atoms with E-state index in [-0.39, 0.29) is 57.0 Å². The van der Waals surface area contributed by atoms with Gasteiger partial charge in [0.1, 0.15) is 23.7 Å². The third kappa shape index (κ3) is 12.3. The number of carboxylic acids is 1. The SMILES string of the molecule is CC(C)C[C@@H](NC(=O)[C@@H](Cc1ccccc1)NC(=O)C[C@H](N)c1ccccc1)C(=O)N[C@H](CCCCN)C(=O)N1CCC(N)(C(=O)O)CC1. The highest BCUT2D eigenvalue weighted by Gasteiger charge is 2.40. The van der Waals surface area contributed by atoms with Gasteiger partial charge < -0.3 is 43.2 Å². The van der Waals surface area contributed by atoms with Crippen LogP contribution in [0.5, 0.6) is 0 Å². The van der Waals surface area contributed by atoms with Crippen molar-refractivity contribution in [1.82, 2.24) is 20.9 Å². The second-order valence-corrected chi connectivity index (χ2v) is 13.4. The summed E-state index contributed by atoms with van der Waals surface area (Å²) < 4.78 is 0. The van der Waals surface area contributed by atoms with Gasteiger partial charge in [-0.3, -0.25) is 24.0 Å². The van der Waals surface area contributed by atoms with Crippen molar-refractivity contribution in [3.63, 3.8) is 0 Å². The quantitative estimate of drug-likeness (QED) is 0.113. The topological polar surface area (TPSA) is 223 Å². The first-order chi connectivity index (χ1) is 23.3. The molecule has 0 spiro atoms. The summed E-state index contributed by atoms with van der Waals surface area (Å²) in [6.45, 7) is 4.54. The predicted octanol–water partition coefficient (Wildman–Crippen LogP) is 1.35. The van der Waals surface area contributed by atoms with Gasteiger partial charge in [0, 0.05) is 32.0 Å². The smallest absolute Gasteiger partial charge is 0.323 e. The highest BCUT2D eigenvalue weighted by molar-refractivity contribution is 5.94. The molecule has 10 N–H and O–H groups in total. The largest absolute Gasteiger partial charge is 0.480 e. The number of nitrogens with one attached hydrogen (secondary N) is 3. The Bertz CT molecular complexity index is 1380. The fourth-order valence-electron chi connectivity index (χ4n) is 5.89. The first-order valence-electron chi connectivity index (χ1n) is 17.1. The number of hydrogen-bond acceptors (Lipinski definition) is 8. The lowest BCUT2D eigenvalue weighted by molar-refractivity contribution is -0.148. The Morgan fingerprint density at radius 2 is 1.41 bits per heavy atom. The Morgan fingerprint density at radius 3 is 1.98 bits per heavy atom. The Kier molecular flexibility index (Phi) is 15.2. The molecule has 49 heavy (non-hydrogen) atoms. The van der Waals surface area contributed by atoms with Crippen molar-refractivity contribution < 1.29 is 29.1 Å². The number of unbranched alkanes of at least 4 members (excludes halogenated alkanes) is 1. The molecule has 13 nitrogen and oxygen atoms in total. The summed E-state index contributed by atoms with van der Waals surface area (Å²) in [6, 6.07) is 15.0. The number of benzene rings is 2. The van der Waals surface area contributed by atoms with E-state index in [0.717, 1.165) is 11.1 Å². The van der Waals surface area contributed by atoms with E-state index in [4.69, 9.17) is 17.2 Å². The highest BCUT2D eigenvalue weighted by Crippen LogP contribution is 2.21. The lowest BCUT2D eigenvalue weighted by Gasteiger charge is -2.38. The average Bonchev–Trinajstić information content (AvgIpc) is 3.07. The number of carbonyl (C=O) groups is 5. The summed E-state index contributed by atoms with van der Waals surface area (Å²) in [5, 5.41) is 18.0. The van der Waals surface area contributed by atoms with Crippen LogP contribution in [0.3, 0.4) is 0 Å². The van der Waals surface area contributed by atoms with Gasteiger partial charge in [0.2, 0.25) is 23.6 Å². The van der Waals surface area contributed by atoms with Gasteiger partial charge in [0.05, 0.1) is 0 Å². The predicted molar refractivity (Wildman–Crippen MR) is 187 cm³/mol. The lowest BCUT2D eigenvalue weighted by Crippen LogP contribution is -2.60. The van der Waals surface area contributed by atoms with Crippen LogP contribution in [0, 0.1) is 5.92 Å². The first-order valence-corrected chi connectivity index (χ1v) is 17.1. The molecule has 1 heterocycles. The number of likely N-dealkylation sites (tertiary alicyclic amines) is 1. The first kappa shape index (κ1) is 39.1. The normalized spacial score (nSPS) is 16.6. The molecule has 0 unspecified atom stereocenters. The van der Waals surface area contributed by atoms with Crippen LogP contribution in [0.2, 0.25) is 0 Å². The van der Waals surface area contributed by atoms with E-state index >= 15 is 0 Å². The molecular formula is C36H53N7O6. The van der Waals surface area contributed by atoms with Gasteiger partial charge in [0.15, 0.2) is 0 Å². The zero-order valence-corrected chi connectivity index (χ0v) is 28.6. The number of nitrogens with two attached hydrogens (primary N) is 3. The van der Waals surface area contributed by atoms with Crippen LogP contribution in [0.15, 0.2) is 60.7 Å². The van der Waals surface area contributed by atoms with Gasteiger partial charge in [0.25, 0.3) is 0 Å². The van der Waals surface area contributed by atoms with Crippen LogP contribution in [-0.2, 0) is 30.4 Å². The number of rotatable bonds is 18. The monoisotopic (exact) mass is 679 g/mol. The summed E-state index contributed by atoms with van der Waals surface area (Å²) in [4.78, 5) is 67.6. The van der Waals surface area contributed by atoms with E-state index in [1.165, 1.54) is 4.90 Å². The van der Waals surface area contributed by atoms with E-state index in [9.17, 15) is 29.1 Å². The molecule has 2 aromatic carbocycles. The standard InChI is InChI=1S/C36H53N7O6/c1-24(2)21-29(32(45)41-28(15-9-10-18-37)34(47)43-19-16-36(39,17-20-43)35(48)49)42-33(46)30(22-25-11-5-3-6-12-25)40-31(44)23-27(38)26-13-7-4-8-14-26/h3-8,11-14,24,27-30H,9-10,15-23,37-39H2,1-2H3,(H,40,44)(H,41,45)(H,42,46)(H,48,49)/t27-,28+,29+,30+/m0/s1. The minimum absolute atomic E-state index is 0.00395. The van der Waals surface area contributed by atoms with Gasteiger partial charge >= 0.3 is 5.97 Å². The number of aliphatic carboxylic acids is 1. The Balaban J connectivity index is 1.76. The number of amides is 4. The van der Waals surface area contributed by atoms with E-state index in [1.807, 2.05) is 74.5 Å². The summed E-state index contributed by atoms with van der Waals surface area (Å²) in [5.74, 6) is -2.92. The molecule has 0 bridgehead atoms. The third-order valence-corrected chi connectivity index (χ3v) is 8.86. The minimum atomic E-state index is -1.40. The summed E-state index contributed by atoms with van der Waals surface area (Å²) in [5.41, 5.74) is 18.2. The fourth-order valence-corrected chi connectivity index (χ4v) is 5.89. The maximum Gasteiger partial charge on any atom is 0.323 e. The number of piperidine rings is 1. The van der Waals surface area contributed by atoms with Gasteiger partial charge in [-0.2, -0.15) is 0 Å². The van der Waals surface area contributed by atoms with Crippen LogP contribution in [-0.4, -0.2) is 82.9 Å². The van der Waals surface area contributed by atoms with Gasteiger partial charge in [-0.05, 0) is 62.1 Å². The zero-order chi connectivity index (χ0) is 36.0. The van der Waals surface area contributed by atoms with Crippen LogP contribution in [0.25, 0.3) is 0 Å². The van der Waals surface area contributed by atoms with Crippen molar-refractivity contribution in [2.75, 3.05) is 19.6 Å². The zero-order valence-electron chi connectivity index (χ0n) is 28.6. The van der Waals surface area contributed by atoms with Crippen LogP contribution < -0.4 is 33.2 Å². The number of carboxylic acid groups (broad SMARTS) is 1. The molecule has 4 atom stereocenters. The molecule has 4 amide bonds. The van der Waals surface area contributed by atoms with Crippen molar-refractivity contribution in [2.24, 2.45) is 23.1 Å². The summed E-state index contributed by atoms with van der Waals surface area (Å²) in [6.07, 6.45) is 2.15. The Labute approximate surface area is 288 Å². The van der Waals surface area contributed by atoms with Crippen LogP contribution >= 0.6 is 0 Å². The molecule has 268 valence electrons. The molecule has 2 aromatic rings. The fraction of sp³-hybridized carbons (Fsp3) is 0.528. The van der Waals surface area contributed by atoms with Crippen LogP contribution in [0.4, 0.5) is 0 Å². The Hall–Kier alpha value is -4.33. The molecule has 3 rings (SSSR count). The van der Waals surface area contributed by atoms with Crippen molar-refractivity contribution in [3.05, 3.63) is 71.8 Å². The highest BCUT2D eigenvalue weighted by atomic mass is 16.4. The van der Waals surface area contributed by atoms with Crippen LogP contribution in [0.1, 0.15) is 76.0 Å². The average molecular weight is 680 g/mol. The second-order valence-electron chi connectivity index (χ2n) is 13.4. The molecule has 1 saturated heterocycles. The molecule has 0 saturated carbocycles. The summed E-state index contributed by atoms with van der Waals surface area (Å²) in [7, 11) is 0. The van der Waals surface area contributed by atoms with Crippen molar-refractivity contribution in [1.29, 1.82) is 0 Å². The number of hydrogen-bond donors (Lipinski definition) is 7. The maximum absolute atomic E-state index is 13.8. The molecule has 0 radical (unpaired) electrons. The molecular weight excluding hydrogens is 626 g/mol. The molecule has 0 aromatic heterocycles. The van der Waals surface area contributed by atoms with Crippen molar-refractivity contribution in [3.8, 4) is 0 Å². The summed E-state index contributed by atoms with van der Waals surface area (Å²) >= 11 is 0. The molecule has 13 heteroatoms. The van der Waals surface area contributed by atoms with E-state index in [0.29, 0.717) is 25.8 Å². The molecule has 1 aliphatic heterocycles. The maximum atomic E-state index is 13.8. The molecule has 1 fully saturated rings. The lowest BCUT2D eigenvalue weighted by atomic mass is 9.88. The van der Waals surface area contributed by atoms with Crippen molar-refractivity contribution in [2.45, 2.75) is 94.9 Å². The van der Waals surface area contributed by atoms with Gasteiger partial charge in [-0.25, -0.2) is 0 Å². The molecule has 0 aliphatic carbocycles. The number of nitrogens with zero attached hydrogens (tertiary/aromatic N) is 1. The minimum Gasteiger partial charge on any atom is -0.480 e. The van der Waals surface area contributed by atoms with E-state index < -0.39 is 53.4 Å². The molecule has 1 aliphatic rings. The van der Waals surface area contributed by atoms with Gasteiger partial charge in [-0.1, -0.05) is 74.5 Å². The van der Waals surface area contributed by atoms with Crippen molar-refractivity contribution >= 4 is 29.6 Å². The Morgan fingerprint density at radius 1 is 0.837 bits per heavy atom. The third-order valence-electron chi connectivity index (χ3n) is 8.86.